The fourth-order valence-electron chi connectivity index (χ4n) is 4.33. The van der Waals surface area contributed by atoms with Crippen molar-refractivity contribution in [3.8, 4) is 10.4 Å². The average molecular weight is 340 g/mol. The molecule has 3 heteroatoms. The van der Waals surface area contributed by atoms with Crippen LogP contribution in [0, 0.1) is 5.92 Å². The van der Waals surface area contributed by atoms with Crippen LogP contribution in [0.15, 0.2) is 17.5 Å². The number of hydrogen-bond acceptors (Lipinski definition) is 3. The molecule has 0 saturated heterocycles. The Morgan fingerprint density at radius 1 is 1.13 bits per heavy atom. The van der Waals surface area contributed by atoms with Gasteiger partial charge in [0.2, 0.25) is 0 Å². The van der Waals surface area contributed by atoms with Crippen LogP contribution in [0.25, 0.3) is 20.7 Å². The van der Waals surface area contributed by atoms with Crippen LogP contribution in [0.5, 0.6) is 0 Å². The topological polar surface area (TPSA) is 12.9 Å². The molecule has 0 fully saturated rings. The van der Waals surface area contributed by atoms with Crippen LogP contribution in [0.1, 0.15) is 47.9 Å². The van der Waals surface area contributed by atoms with Crippen LogP contribution < -0.4 is 0 Å². The van der Waals surface area contributed by atoms with Gasteiger partial charge in [-0.05, 0) is 73.4 Å². The molecule has 0 spiro atoms. The lowest BCUT2D eigenvalue weighted by atomic mass is 9.83. The highest BCUT2D eigenvalue weighted by molar-refractivity contribution is 7.19. The molecule has 2 aliphatic rings. The number of pyridine rings is 1. The summed E-state index contributed by atoms with van der Waals surface area (Å²) in [6.45, 7) is 2.40. The smallest absolute Gasteiger partial charge is 0.124 e. The van der Waals surface area contributed by atoms with Gasteiger partial charge in [-0.25, -0.2) is 4.98 Å². The zero-order chi connectivity index (χ0) is 15.4. The summed E-state index contributed by atoms with van der Waals surface area (Å²) in [6, 6.07) is 4.51. The summed E-state index contributed by atoms with van der Waals surface area (Å²) in [4.78, 5) is 9.53. The molecule has 1 unspecified atom stereocenters. The van der Waals surface area contributed by atoms with E-state index in [1.165, 1.54) is 59.3 Å². The predicted octanol–water partition coefficient (Wildman–Crippen LogP) is 6.03. The molecule has 0 aromatic carbocycles. The second-order valence-corrected chi connectivity index (χ2v) is 9.16. The molecule has 2 aliphatic carbocycles. The largest absolute Gasteiger partial charge is 0.242 e. The Balaban J connectivity index is 1.88. The van der Waals surface area contributed by atoms with Crippen molar-refractivity contribution in [3.05, 3.63) is 39.2 Å². The van der Waals surface area contributed by atoms with Crippen molar-refractivity contribution in [2.24, 2.45) is 5.92 Å². The Morgan fingerprint density at radius 2 is 2.04 bits per heavy atom. The maximum absolute atomic E-state index is 5.15. The molecule has 3 aromatic heterocycles. The zero-order valence-corrected chi connectivity index (χ0v) is 15.2. The number of aryl methyl sites for hydroxylation is 3. The van der Waals surface area contributed by atoms with E-state index in [-0.39, 0.29) is 0 Å². The maximum atomic E-state index is 5.15. The number of fused-ring (bicyclic) bond motifs is 4. The minimum Gasteiger partial charge on any atom is -0.242 e. The minimum absolute atomic E-state index is 0.787. The molecule has 0 amide bonds. The van der Waals surface area contributed by atoms with Gasteiger partial charge >= 0.3 is 0 Å². The monoisotopic (exact) mass is 339 g/mol. The average Bonchev–Trinajstić information content (AvgIpc) is 3.20. The highest BCUT2D eigenvalue weighted by atomic mass is 32.1. The summed E-state index contributed by atoms with van der Waals surface area (Å²) >= 11 is 3.87. The summed E-state index contributed by atoms with van der Waals surface area (Å²) < 4.78 is 0. The lowest BCUT2D eigenvalue weighted by Gasteiger charge is -2.24. The molecule has 5 rings (SSSR count). The van der Waals surface area contributed by atoms with Crippen molar-refractivity contribution in [2.45, 2.75) is 51.9 Å². The SMILES string of the molecule is CC1CCc2nc3sc4c(c3c(-c3cccs3)c2C1)CCCC4. The van der Waals surface area contributed by atoms with E-state index in [4.69, 9.17) is 4.98 Å². The zero-order valence-electron chi connectivity index (χ0n) is 13.5. The van der Waals surface area contributed by atoms with Crippen LogP contribution >= 0.6 is 22.7 Å². The van der Waals surface area contributed by atoms with Gasteiger partial charge in [0.15, 0.2) is 0 Å². The molecular weight excluding hydrogens is 318 g/mol. The molecule has 0 N–H and O–H groups in total. The first-order valence-electron chi connectivity index (χ1n) is 8.81. The van der Waals surface area contributed by atoms with Gasteiger partial charge in [-0.2, -0.15) is 0 Å². The van der Waals surface area contributed by atoms with Crippen molar-refractivity contribution < 1.29 is 0 Å². The van der Waals surface area contributed by atoms with E-state index in [2.05, 4.69) is 24.4 Å². The van der Waals surface area contributed by atoms with Gasteiger partial charge in [0, 0.05) is 26.4 Å². The number of aromatic nitrogens is 1. The van der Waals surface area contributed by atoms with Crippen LogP contribution in [-0.2, 0) is 25.7 Å². The molecule has 0 radical (unpaired) electrons. The molecular formula is C20H21NS2. The molecule has 0 aliphatic heterocycles. The maximum Gasteiger partial charge on any atom is 0.124 e. The Labute approximate surface area is 145 Å². The first-order chi connectivity index (χ1) is 11.3. The van der Waals surface area contributed by atoms with Crippen LogP contribution in [0.2, 0.25) is 0 Å². The summed E-state index contributed by atoms with van der Waals surface area (Å²) in [5, 5.41) is 3.74. The Morgan fingerprint density at radius 3 is 2.91 bits per heavy atom. The predicted molar refractivity (Wildman–Crippen MR) is 101 cm³/mol. The normalized spacial score (nSPS) is 20.5. The Kier molecular flexibility index (Phi) is 3.34. The van der Waals surface area contributed by atoms with E-state index in [1.54, 1.807) is 21.6 Å². The molecule has 3 aromatic rings. The van der Waals surface area contributed by atoms with Gasteiger partial charge in [0.1, 0.15) is 4.83 Å². The number of hydrogen-bond donors (Lipinski definition) is 0. The number of nitrogens with zero attached hydrogens (tertiary/aromatic N) is 1. The molecule has 1 atom stereocenters. The van der Waals surface area contributed by atoms with Gasteiger partial charge in [-0.1, -0.05) is 13.0 Å². The first kappa shape index (κ1) is 14.2. The molecule has 3 heterocycles. The first-order valence-corrected chi connectivity index (χ1v) is 10.5. The Bertz CT molecular complexity index is 873. The lowest BCUT2D eigenvalue weighted by molar-refractivity contribution is 0.496. The highest BCUT2D eigenvalue weighted by Gasteiger charge is 2.27. The summed E-state index contributed by atoms with van der Waals surface area (Å²) in [5.41, 5.74) is 6.13. The quantitative estimate of drug-likeness (QED) is 0.527. The fraction of sp³-hybridized carbons (Fsp3) is 0.450. The van der Waals surface area contributed by atoms with Crippen LogP contribution in [-0.4, -0.2) is 4.98 Å². The van der Waals surface area contributed by atoms with E-state index in [1.807, 2.05) is 22.7 Å². The molecule has 23 heavy (non-hydrogen) atoms. The second-order valence-electron chi connectivity index (χ2n) is 7.13. The van der Waals surface area contributed by atoms with E-state index >= 15 is 0 Å². The van der Waals surface area contributed by atoms with Crippen molar-refractivity contribution in [1.29, 1.82) is 0 Å². The highest BCUT2D eigenvalue weighted by Crippen LogP contribution is 2.45. The van der Waals surface area contributed by atoms with Crippen molar-refractivity contribution in [2.75, 3.05) is 0 Å². The lowest BCUT2D eigenvalue weighted by Crippen LogP contribution is -2.14. The van der Waals surface area contributed by atoms with Gasteiger partial charge in [-0.15, -0.1) is 22.7 Å². The van der Waals surface area contributed by atoms with E-state index in [0.717, 1.165) is 12.3 Å². The third-order valence-corrected chi connectivity index (χ3v) is 7.56. The molecule has 0 bridgehead atoms. The van der Waals surface area contributed by atoms with Crippen LogP contribution in [0.4, 0.5) is 0 Å². The van der Waals surface area contributed by atoms with Gasteiger partial charge in [0.25, 0.3) is 0 Å². The minimum atomic E-state index is 0.787. The van der Waals surface area contributed by atoms with E-state index in [9.17, 15) is 0 Å². The van der Waals surface area contributed by atoms with Gasteiger partial charge < -0.3 is 0 Å². The Hall–Kier alpha value is -1.19. The fourth-order valence-corrected chi connectivity index (χ4v) is 6.42. The van der Waals surface area contributed by atoms with Crippen molar-refractivity contribution in [3.63, 3.8) is 0 Å². The van der Waals surface area contributed by atoms with Crippen LogP contribution in [0.3, 0.4) is 0 Å². The number of rotatable bonds is 1. The number of thiophene rings is 2. The van der Waals surface area contributed by atoms with E-state index in [0.29, 0.717) is 0 Å². The van der Waals surface area contributed by atoms with Crippen molar-refractivity contribution in [1.82, 2.24) is 4.98 Å². The third kappa shape index (κ3) is 2.20. The third-order valence-electron chi connectivity index (χ3n) is 5.48. The van der Waals surface area contributed by atoms with Gasteiger partial charge in [-0.3, -0.25) is 0 Å². The molecule has 0 saturated carbocycles. The summed E-state index contributed by atoms with van der Waals surface area (Å²) in [6.07, 6.45) is 8.87. The van der Waals surface area contributed by atoms with Crippen molar-refractivity contribution >= 4 is 32.9 Å². The standard InChI is InChI=1S/C20H21NS2/c1-12-8-9-15-14(11-12)18(17-7-4-10-22-17)19-13-5-2-3-6-16(13)23-20(19)21-15/h4,7,10,12H,2-3,5-6,8-9,11H2,1H3. The molecule has 1 nitrogen and oxygen atoms in total. The summed E-state index contributed by atoms with van der Waals surface area (Å²) in [5.74, 6) is 0.787. The van der Waals surface area contributed by atoms with E-state index < -0.39 is 0 Å². The summed E-state index contributed by atoms with van der Waals surface area (Å²) in [7, 11) is 0. The van der Waals surface area contributed by atoms with Gasteiger partial charge in [0.05, 0.1) is 0 Å². The molecule has 118 valence electrons. The second kappa shape index (κ2) is 5.42.